The zero-order valence-corrected chi connectivity index (χ0v) is 17.2. The molecule has 1 fully saturated rings. The fourth-order valence-corrected chi connectivity index (χ4v) is 4.94. The van der Waals surface area contributed by atoms with Crippen molar-refractivity contribution in [1.29, 1.82) is 0 Å². The third-order valence-electron chi connectivity index (χ3n) is 6.66. The van der Waals surface area contributed by atoms with Crippen LogP contribution in [-0.2, 0) is 13.1 Å². The highest BCUT2D eigenvalue weighted by Gasteiger charge is 2.38. The van der Waals surface area contributed by atoms with Gasteiger partial charge in [-0.15, -0.1) is 0 Å². The number of ketones is 1. The van der Waals surface area contributed by atoms with Crippen LogP contribution in [-0.4, -0.2) is 51.2 Å². The molecule has 0 spiro atoms. The van der Waals surface area contributed by atoms with E-state index in [0.29, 0.717) is 6.54 Å². The third-order valence-corrected chi connectivity index (χ3v) is 6.66. The molecule has 3 aromatic rings. The van der Waals surface area contributed by atoms with E-state index in [4.69, 9.17) is 4.99 Å². The molecule has 0 aliphatic carbocycles. The van der Waals surface area contributed by atoms with Crippen LogP contribution in [0.3, 0.4) is 0 Å². The minimum atomic E-state index is -0.153. The van der Waals surface area contributed by atoms with Gasteiger partial charge in [-0.3, -0.25) is 19.8 Å². The van der Waals surface area contributed by atoms with Gasteiger partial charge in [-0.2, -0.15) is 5.10 Å². The Morgan fingerprint density at radius 3 is 2.71 bits per heavy atom. The molecule has 1 aromatic heterocycles. The maximum absolute atomic E-state index is 12.6. The first-order valence-electron chi connectivity index (χ1n) is 10.9. The standard InChI is InChI=1S/C24H24N6O/c31-19-12-26-23-20-17(3-1-4-18(19)20)11-25-22(21(23)24-27-14-28-29-24)16-7-5-15(6-8-16)13-30-9-2-10-30/h1,3-8,14,21-22,25H,2,9-13H2,(H,27,28,29). The highest BCUT2D eigenvalue weighted by atomic mass is 16.1. The Balaban J connectivity index is 1.42. The van der Waals surface area contributed by atoms with Gasteiger partial charge in [0.15, 0.2) is 5.78 Å². The van der Waals surface area contributed by atoms with Crippen molar-refractivity contribution in [3.05, 3.63) is 82.4 Å². The molecule has 2 N–H and O–H groups in total. The minimum absolute atomic E-state index is 0.0294. The van der Waals surface area contributed by atoms with Crippen LogP contribution < -0.4 is 5.32 Å². The first-order valence-corrected chi connectivity index (χ1v) is 10.9. The second-order valence-electron chi connectivity index (χ2n) is 8.54. The van der Waals surface area contributed by atoms with Gasteiger partial charge >= 0.3 is 0 Å². The summed E-state index contributed by atoms with van der Waals surface area (Å²) >= 11 is 0. The zero-order valence-electron chi connectivity index (χ0n) is 17.2. The van der Waals surface area contributed by atoms with Gasteiger partial charge in [-0.05, 0) is 36.2 Å². The molecule has 0 radical (unpaired) electrons. The topological polar surface area (TPSA) is 86.3 Å². The number of benzene rings is 2. The monoisotopic (exact) mass is 412 g/mol. The van der Waals surface area contributed by atoms with Gasteiger partial charge in [0, 0.05) is 30.3 Å². The smallest absolute Gasteiger partial charge is 0.184 e. The number of aromatic amines is 1. The molecular weight excluding hydrogens is 388 g/mol. The molecule has 1 saturated heterocycles. The molecular formula is C24H24N6O. The van der Waals surface area contributed by atoms with Gasteiger partial charge in [0.05, 0.1) is 11.6 Å². The number of likely N-dealkylation sites (tertiary alicyclic amines) is 1. The number of aromatic nitrogens is 3. The van der Waals surface area contributed by atoms with E-state index >= 15 is 0 Å². The van der Waals surface area contributed by atoms with Gasteiger partial charge in [0.1, 0.15) is 18.7 Å². The number of hydrogen-bond donors (Lipinski definition) is 2. The van der Waals surface area contributed by atoms with E-state index in [1.54, 1.807) is 0 Å². The number of aliphatic imine (C=N–C) groups is 1. The van der Waals surface area contributed by atoms with Crippen molar-refractivity contribution in [3.63, 3.8) is 0 Å². The fraction of sp³-hybridized carbons (Fsp3) is 0.333. The lowest BCUT2D eigenvalue weighted by molar-refractivity contribution is 0.1000. The number of carbonyl (C=O) groups is 1. The second-order valence-corrected chi connectivity index (χ2v) is 8.54. The van der Waals surface area contributed by atoms with Crippen molar-refractivity contribution in [3.8, 4) is 0 Å². The number of nitrogens with zero attached hydrogens (tertiary/aromatic N) is 4. The molecule has 4 heterocycles. The number of carbonyl (C=O) groups excluding carboxylic acids is 1. The molecule has 0 bridgehead atoms. The van der Waals surface area contributed by atoms with Crippen LogP contribution >= 0.6 is 0 Å². The summed E-state index contributed by atoms with van der Waals surface area (Å²) in [5.74, 6) is 0.683. The zero-order chi connectivity index (χ0) is 20.8. The molecule has 31 heavy (non-hydrogen) atoms. The fourth-order valence-electron chi connectivity index (χ4n) is 4.94. The van der Waals surface area contributed by atoms with Gasteiger partial charge in [-0.1, -0.05) is 42.5 Å². The van der Waals surface area contributed by atoms with Gasteiger partial charge < -0.3 is 5.32 Å². The van der Waals surface area contributed by atoms with Gasteiger partial charge in [0.2, 0.25) is 0 Å². The first-order chi connectivity index (χ1) is 15.3. The number of H-pyrrole nitrogens is 1. The van der Waals surface area contributed by atoms with E-state index < -0.39 is 0 Å². The van der Waals surface area contributed by atoms with Crippen LogP contribution in [0.15, 0.2) is 53.8 Å². The molecule has 6 rings (SSSR count). The Hall–Kier alpha value is -3.16. The third kappa shape index (κ3) is 3.21. The predicted octanol–water partition coefficient (Wildman–Crippen LogP) is 2.62. The SMILES string of the molecule is O=C1CN=C2c3c(cccc31)CNC(c1ccc(CN3CCC3)cc1)C2c1ncn[nH]1. The van der Waals surface area contributed by atoms with Gasteiger partial charge in [0.25, 0.3) is 0 Å². The maximum atomic E-state index is 12.6. The summed E-state index contributed by atoms with van der Waals surface area (Å²) in [5, 5.41) is 10.9. The van der Waals surface area contributed by atoms with Crippen LogP contribution in [0.4, 0.5) is 0 Å². The van der Waals surface area contributed by atoms with Gasteiger partial charge in [-0.25, -0.2) is 4.98 Å². The average molecular weight is 412 g/mol. The highest BCUT2D eigenvalue weighted by Crippen LogP contribution is 2.39. The Kier molecular flexibility index (Phi) is 4.51. The number of hydrogen-bond acceptors (Lipinski definition) is 6. The van der Waals surface area contributed by atoms with E-state index in [0.717, 1.165) is 34.8 Å². The van der Waals surface area contributed by atoms with Crippen molar-refractivity contribution in [2.75, 3.05) is 19.6 Å². The van der Waals surface area contributed by atoms with E-state index in [9.17, 15) is 4.79 Å². The molecule has 3 aliphatic rings. The van der Waals surface area contributed by atoms with Crippen LogP contribution in [0.2, 0.25) is 0 Å². The first kappa shape index (κ1) is 18.6. The molecule has 7 nitrogen and oxygen atoms in total. The number of rotatable bonds is 4. The van der Waals surface area contributed by atoms with Crippen molar-refractivity contribution < 1.29 is 4.79 Å². The van der Waals surface area contributed by atoms with Crippen molar-refractivity contribution >= 4 is 11.5 Å². The minimum Gasteiger partial charge on any atom is -0.305 e. The summed E-state index contributed by atoms with van der Waals surface area (Å²) in [6, 6.07) is 14.8. The molecule has 2 aromatic carbocycles. The van der Waals surface area contributed by atoms with E-state index in [2.05, 4.69) is 55.7 Å². The molecule has 3 aliphatic heterocycles. The van der Waals surface area contributed by atoms with Crippen LogP contribution in [0.5, 0.6) is 0 Å². The quantitative estimate of drug-likeness (QED) is 0.688. The Morgan fingerprint density at radius 2 is 1.97 bits per heavy atom. The molecule has 0 saturated carbocycles. The number of Topliss-reactive ketones (excluding diaryl/α,β-unsaturated/α-hetero) is 1. The normalized spacial score (nSPS) is 23.0. The van der Waals surface area contributed by atoms with E-state index in [1.807, 2.05) is 12.1 Å². The Morgan fingerprint density at radius 1 is 1.10 bits per heavy atom. The maximum Gasteiger partial charge on any atom is 0.184 e. The summed E-state index contributed by atoms with van der Waals surface area (Å²) in [4.78, 5) is 24.3. The van der Waals surface area contributed by atoms with Crippen molar-refractivity contribution in [1.82, 2.24) is 25.4 Å². The number of nitrogens with one attached hydrogen (secondary N) is 2. The van der Waals surface area contributed by atoms with E-state index in [-0.39, 0.29) is 24.3 Å². The molecule has 2 atom stereocenters. The summed E-state index contributed by atoms with van der Waals surface area (Å²) in [6.45, 7) is 4.24. The molecule has 0 amide bonds. The van der Waals surface area contributed by atoms with Crippen LogP contribution in [0.25, 0.3) is 0 Å². The second kappa shape index (κ2) is 7.51. The van der Waals surface area contributed by atoms with Crippen LogP contribution in [0.1, 0.15) is 56.8 Å². The Bertz CT molecular complexity index is 1150. The highest BCUT2D eigenvalue weighted by molar-refractivity contribution is 6.18. The lowest BCUT2D eigenvalue weighted by Gasteiger charge is -2.31. The Labute approximate surface area is 180 Å². The largest absolute Gasteiger partial charge is 0.305 e. The summed E-state index contributed by atoms with van der Waals surface area (Å²) in [5.41, 5.74) is 6.26. The summed E-state index contributed by atoms with van der Waals surface area (Å²) in [7, 11) is 0. The van der Waals surface area contributed by atoms with E-state index in [1.165, 1.54) is 37.0 Å². The van der Waals surface area contributed by atoms with Crippen molar-refractivity contribution in [2.24, 2.45) is 4.99 Å². The van der Waals surface area contributed by atoms with Crippen molar-refractivity contribution in [2.45, 2.75) is 31.5 Å². The lowest BCUT2D eigenvalue weighted by Crippen LogP contribution is -2.36. The molecule has 2 unspecified atom stereocenters. The predicted molar refractivity (Wildman–Crippen MR) is 117 cm³/mol. The average Bonchev–Trinajstić information content (AvgIpc) is 3.24. The summed E-state index contributed by atoms with van der Waals surface area (Å²) in [6.07, 6.45) is 2.84. The molecule has 7 heteroatoms. The molecule has 156 valence electrons. The van der Waals surface area contributed by atoms with Crippen LogP contribution in [0, 0.1) is 0 Å². The lowest BCUT2D eigenvalue weighted by atomic mass is 9.82. The summed E-state index contributed by atoms with van der Waals surface area (Å²) < 4.78 is 0.